The fourth-order valence-electron chi connectivity index (χ4n) is 3.55. The van der Waals surface area contributed by atoms with Crippen molar-refractivity contribution in [3.05, 3.63) is 0 Å². The van der Waals surface area contributed by atoms with Crippen LogP contribution in [0.4, 0.5) is 0 Å². The predicted octanol–water partition coefficient (Wildman–Crippen LogP) is 1.50. The Hall–Kier alpha value is -0.610. The molecule has 110 valence electrons. The molecule has 4 nitrogen and oxygen atoms in total. The van der Waals surface area contributed by atoms with Crippen LogP contribution in [0.15, 0.2) is 0 Å². The quantitative estimate of drug-likeness (QED) is 0.762. The molecular formula is C15H29N3O. The maximum absolute atomic E-state index is 12.7. The Morgan fingerprint density at radius 3 is 2.53 bits per heavy atom. The fraction of sp³-hybridized carbons (Fsp3) is 0.933. The summed E-state index contributed by atoms with van der Waals surface area (Å²) < 4.78 is 0. The summed E-state index contributed by atoms with van der Waals surface area (Å²) in [5, 5.41) is 3.28. The molecular weight excluding hydrogens is 238 g/mol. The molecule has 2 fully saturated rings. The van der Waals surface area contributed by atoms with E-state index in [1.807, 2.05) is 0 Å². The van der Waals surface area contributed by atoms with Gasteiger partial charge < -0.3 is 16.0 Å². The maximum Gasteiger partial charge on any atom is 0.227 e. The number of piperidine rings is 1. The minimum absolute atomic E-state index is 0.220. The van der Waals surface area contributed by atoms with Crippen molar-refractivity contribution < 1.29 is 4.79 Å². The Morgan fingerprint density at radius 1 is 1.26 bits per heavy atom. The zero-order valence-electron chi connectivity index (χ0n) is 12.3. The van der Waals surface area contributed by atoms with Gasteiger partial charge in [0.15, 0.2) is 0 Å². The van der Waals surface area contributed by atoms with E-state index in [4.69, 9.17) is 5.73 Å². The predicted molar refractivity (Wildman–Crippen MR) is 77.9 cm³/mol. The van der Waals surface area contributed by atoms with Crippen LogP contribution in [-0.4, -0.2) is 43.5 Å². The molecule has 1 aliphatic heterocycles. The van der Waals surface area contributed by atoms with Crippen LogP contribution < -0.4 is 11.1 Å². The monoisotopic (exact) mass is 267 g/mol. The Bertz CT molecular complexity index is 298. The summed E-state index contributed by atoms with van der Waals surface area (Å²) >= 11 is 0. The van der Waals surface area contributed by atoms with Gasteiger partial charge in [0.1, 0.15) is 0 Å². The van der Waals surface area contributed by atoms with Crippen molar-refractivity contribution in [1.29, 1.82) is 0 Å². The first kappa shape index (κ1) is 14.8. The van der Waals surface area contributed by atoms with E-state index in [1.54, 1.807) is 0 Å². The van der Waals surface area contributed by atoms with E-state index in [0.29, 0.717) is 12.6 Å². The first-order chi connectivity index (χ1) is 9.16. The highest BCUT2D eigenvalue weighted by atomic mass is 16.2. The van der Waals surface area contributed by atoms with Gasteiger partial charge in [-0.15, -0.1) is 0 Å². The van der Waals surface area contributed by atoms with Crippen LogP contribution in [0.3, 0.4) is 0 Å². The van der Waals surface area contributed by atoms with Gasteiger partial charge in [0.25, 0.3) is 0 Å². The molecule has 2 rings (SSSR count). The van der Waals surface area contributed by atoms with Crippen molar-refractivity contribution in [2.24, 2.45) is 11.1 Å². The molecule has 0 spiro atoms. The number of nitrogens with two attached hydrogens (primary N) is 1. The third-order valence-electron chi connectivity index (χ3n) is 4.89. The number of carbonyl (C=O) groups excluding carboxylic acids is 1. The second kappa shape index (κ2) is 6.71. The summed E-state index contributed by atoms with van der Waals surface area (Å²) in [6.45, 7) is 2.63. The lowest BCUT2D eigenvalue weighted by molar-refractivity contribution is -0.132. The van der Waals surface area contributed by atoms with E-state index in [-0.39, 0.29) is 11.3 Å². The standard InChI is InChI=1S/C15H29N3O/c1-18-10-6-7-13(11-18)17-14(19)15(12-16)8-4-2-3-5-9-15/h13H,2-12,16H2,1H3,(H,17,19). The Balaban J connectivity index is 1.95. The zero-order valence-corrected chi connectivity index (χ0v) is 12.3. The van der Waals surface area contributed by atoms with Crippen LogP contribution in [-0.2, 0) is 4.79 Å². The van der Waals surface area contributed by atoms with Crippen molar-refractivity contribution in [3.8, 4) is 0 Å². The molecule has 0 aromatic heterocycles. The summed E-state index contributed by atoms with van der Waals surface area (Å²) in [5.74, 6) is 0.220. The van der Waals surface area contributed by atoms with Crippen LogP contribution in [0.1, 0.15) is 51.4 Å². The second-order valence-electron chi connectivity index (χ2n) is 6.47. The highest BCUT2D eigenvalue weighted by molar-refractivity contribution is 5.83. The lowest BCUT2D eigenvalue weighted by Gasteiger charge is -2.35. The highest BCUT2D eigenvalue weighted by Gasteiger charge is 2.38. The van der Waals surface area contributed by atoms with Crippen LogP contribution >= 0.6 is 0 Å². The normalized spacial score (nSPS) is 28.6. The van der Waals surface area contributed by atoms with Crippen LogP contribution in [0.2, 0.25) is 0 Å². The minimum Gasteiger partial charge on any atom is -0.352 e. The number of nitrogens with zero attached hydrogens (tertiary/aromatic N) is 1. The van der Waals surface area contributed by atoms with Gasteiger partial charge in [-0.25, -0.2) is 0 Å². The molecule has 1 aliphatic carbocycles. The molecule has 1 saturated carbocycles. The summed E-state index contributed by atoms with van der Waals surface area (Å²) in [4.78, 5) is 15.0. The van der Waals surface area contributed by atoms with E-state index in [1.165, 1.54) is 19.3 Å². The van der Waals surface area contributed by atoms with Crippen molar-refractivity contribution in [2.75, 3.05) is 26.7 Å². The molecule has 0 radical (unpaired) electrons. The van der Waals surface area contributed by atoms with Crippen LogP contribution in [0, 0.1) is 5.41 Å². The summed E-state index contributed by atoms with van der Waals surface area (Å²) in [7, 11) is 2.13. The Morgan fingerprint density at radius 2 is 1.95 bits per heavy atom. The summed E-state index contributed by atoms with van der Waals surface area (Å²) in [5.41, 5.74) is 5.68. The molecule has 2 aliphatic rings. The Kier molecular flexibility index (Phi) is 5.22. The molecule has 1 heterocycles. The number of carbonyl (C=O) groups is 1. The van der Waals surface area contributed by atoms with Gasteiger partial charge in [0, 0.05) is 19.1 Å². The van der Waals surface area contributed by atoms with Gasteiger partial charge in [-0.3, -0.25) is 4.79 Å². The summed E-state index contributed by atoms with van der Waals surface area (Å²) in [6.07, 6.45) is 9.02. The van der Waals surface area contributed by atoms with Crippen molar-refractivity contribution in [1.82, 2.24) is 10.2 Å². The second-order valence-corrected chi connectivity index (χ2v) is 6.47. The average molecular weight is 267 g/mol. The highest BCUT2D eigenvalue weighted by Crippen LogP contribution is 2.34. The largest absolute Gasteiger partial charge is 0.352 e. The number of nitrogens with one attached hydrogen (secondary N) is 1. The van der Waals surface area contributed by atoms with Gasteiger partial charge >= 0.3 is 0 Å². The fourth-order valence-corrected chi connectivity index (χ4v) is 3.55. The number of amides is 1. The van der Waals surface area contributed by atoms with Gasteiger partial charge in [-0.05, 0) is 39.3 Å². The van der Waals surface area contributed by atoms with Gasteiger partial charge in [0.05, 0.1) is 5.41 Å². The summed E-state index contributed by atoms with van der Waals surface area (Å²) in [6, 6.07) is 0.318. The topological polar surface area (TPSA) is 58.4 Å². The van der Waals surface area contributed by atoms with Crippen LogP contribution in [0.25, 0.3) is 0 Å². The Labute approximate surface area is 117 Å². The van der Waals surface area contributed by atoms with Crippen LogP contribution in [0.5, 0.6) is 0 Å². The van der Waals surface area contributed by atoms with E-state index < -0.39 is 0 Å². The van der Waals surface area contributed by atoms with E-state index in [2.05, 4.69) is 17.3 Å². The lowest BCUT2D eigenvalue weighted by atomic mass is 9.79. The molecule has 0 aromatic carbocycles. The third kappa shape index (κ3) is 3.69. The van der Waals surface area contributed by atoms with Gasteiger partial charge in [0.2, 0.25) is 5.91 Å². The molecule has 0 aromatic rings. The molecule has 1 amide bonds. The number of likely N-dealkylation sites (N-methyl/N-ethyl adjacent to an activating group) is 1. The molecule has 1 atom stereocenters. The van der Waals surface area contributed by atoms with E-state index in [0.717, 1.165) is 45.2 Å². The number of rotatable bonds is 3. The smallest absolute Gasteiger partial charge is 0.227 e. The molecule has 1 saturated heterocycles. The molecule has 3 N–H and O–H groups in total. The molecule has 0 bridgehead atoms. The van der Waals surface area contributed by atoms with E-state index >= 15 is 0 Å². The minimum atomic E-state index is -0.285. The van der Waals surface area contributed by atoms with Gasteiger partial charge in [-0.2, -0.15) is 0 Å². The zero-order chi connectivity index (χ0) is 13.7. The first-order valence-corrected chi connectivity index (χ1v) is 7.86. The van der Waals surface area contributed by atoms with Crippen molar-refractivity contribution in [2.45, 2.75) is 57.4 Å². The number of likely N-dealkylation sites (tertiary alicyclic amines) is 1. The number of hydrogen-bond acceptors (Lipinski definition) is 3. The van der Waals surface area contributed by atoms with Gasteiger partial charge in [-0.1, -0.05) is 25.7 Å². The lowest BCUT2D eigenvalue weighted by Crippen LogP contribution is -2.53. The third-order valence-corrected chi connectivity index (χ3v) is 4.89. The first-order valence-electron chi connectivity index (χ1n) is 7.86. The molecule has 1 unspecified atom stereocenters. The molecule has 4 heteroatoms. The molecule has 19 heavy (non-hydrogen) atoms. The maximum atomic E-state index is 12.7. The SMILES string of the molecule is CN1CCCC(NC(=O)C2(CN)CCCCCC2)C1. The van der Waals surface area contributed by atoms with Crippen molar-refractivity contribution in [3.63, 3.8) is 0 Å². The van der Waals surface area contributed by atoms with Crippen molar-refractivity contribution >= 4 is 5.91 Å². The van der Waals surface area contributed by atoms with E-state index in [9.17, 15) is 4.79 Å². The number of hydrogen-bond donors (Lipinski definition) is 2. The average Bonchev–Trinajstić information content (AvgIpc) is 2.65.